The molecule has 2 fully saturated rings. The van der Waals surface area contributed by atoms with E-state index in [4.69, 9.17) is 27.0 Å². The standard InChI is InChI=1S/C45H44F8N8O7S2/c1-42(2,3)37(39(65)59-20-25(62)15-31(59)38(64)58-33-19-55-22-70-33)57-32(63)21-67-12-6-7-13-68-26-9-10-27(28(16-26)44(48,49)50)36-29(46)14-24(18-56-36)61-41(69)60(40(66)43(61,4)5)30-11-8-23(17-54)34(35(30)47)45(51,52)53/h8-11,14,16,18-19,22,25,31,37,62H,6-7,12-13,15,20-21H2,1-5H3,(H,57,63)(H,58,64)/t25-,31+,37-/m1/s1. The predicted octanol–water partition coefficient (Wildman–Crippen LogP) is 7.62. The minimum absolute atomic E-state index is 0.00248. The molecular weight excluding hydrogens is 981 g/mol. The van der Waals surface area contributed by atoms with E-state index in [2.05, 4.69) is 20.6 Å². The van der Waals surface area contributed by atoms with E-state index in [1.807, 2.05) is 0 Å². The number of alkyl halides is 6. The zero-order valence-corrected chi connectivity index (χ0v) is 39.4. The molecule has 70 heavy (non-hydrogen) atoms. The van der Waals surface area contributed by atoms with Crippen LogP contribution in [-0.4, -0.2) is 98.8 Å². The molecule has 0 unspecified atom stereocenters. The molecule has 2 saturated heterocycles. The van der Waals surface area contributed by atoms with Crippen LogP contribution in [0.1, 0.15) is 70.6 Å². The van der Waals surface area contributed by atoms with Crippen LogP contribution in [0.25, 0.3) is 11.3 Å². The molecule has 0 spiro atoms. The summed E-state index contributed by atoms with van der Waals surface area (Å²) in [6, 6.07) is 4.02. The third-order valence-corrected chi connectivity index (χ3v) is 12.3. The molecule has 2 aromatic carbocycles. The number of aliphatic hydroxyl groups excluding tert-OH is 1. The van der Waals surface area contributed by atoms with Crippen LogP contribution >= 0.6 is 23.6 Å². The van der Waals surface area contributed by atoms with E-state index in [1.165, 1.54) is 47.9 Å². The Bertz CT molecular complexity index is 2710. The lowest BCUT2D eigenvalue weighted by Gasteiger charge is -2.35. The number of likely N-dealkylation sites (tertiary alicyclic amines) is 1. The molecule has 3 atom stereocenters. The Morgan fingerprint density at radius 3 is 2.34 bits per heavy atom. The molecule has 374 valence electrons. The number of hydrogen-bond acceptors (Lipinski definition) is 12. The summed E-state index contributed by atoms with van der Waals surface area (Å²) in [5.74, 6) is -6.27. The fourth-order valence-electron chi connectivity index (χ4n) is 7.82. The van der Waals surface area contributed by atoms with Crippen LogP contribution in [0.2, 0.25) is 0 Å². The zero-order chi connectivity index (χ0) is 51.7. The van der Waals surface area contributed by atoms with Crippen molar-refractivity contribution >= 4 is 68.7 Å². The molecule has 4 amide bonds. The number of nitrogens with one attached hydrogen (secondary N) is 2. The molecule has 0 bridgehead atoms. The van der Waals surface area contributed by atoms with Crippen molar-refractivity contribution in [2.24, 2.45) is 5.41 Å². The molecule has 2 aliphatic rings. The topological polar surface area (TPSA) is 190 Å². The number of hydrogen-bond donors (Lipinski definition) is 3. The van der Waals surface area contributed by atoms with Crippen molar-refractivity contribution in [3.8, 4) is 23.1 Å². The molecule has 3 N–H and O–H groups in total. The second kappa shape index (κ2) is 20.5. The predicted molar refractivity (Wildman–Crippen MR) is 241 cm³/mol. The number of halogens is 8. The Morgan fingerprint density at radius 1 is 1.03 bits per heavy atom. The maximum absolute atomic E-state index is 15.9. The van der Waals surface area contributed by atoms with Crippen molar-refractivity contribution in [3.05, 3.63) is 82.6 Å². The lowest BCUT2D eigenvalue weighted by atomic mass is 9.85. The second-order valence-corrected chi connectivity index (χ2v) is 19.0. The number of carbonyl (C=O) groups is 4. The summed E-state index contributed by atoms with van der Waals surface area (Å²) in [7, 11) is 0. The van der Waals surface area contributed by atoms with Crippen molar-refractivity contribution in [2.45, 2.75) is 90.0 Å². The van der Waals surface area contributed by atoms with E-state index in [9.17, 15) is 50.6 Å². The van der Waals surface area contributed by atoms with Gasteiger partial charge in [-0.25, -0.2) is 8.78 Å². The molecule has 4 aromatic rings. The fourth-order valence-corrected chi connectivity index (χ4v) is 8.85. The van der Waals surface area contributed by atoms with Crippen molar-refractivity contribution in [3.63, 3.8) is 0 Å². The Labute approximate surface area is 404 Å². The number of pyridine rings is 1. The first kappa shape index (κ1) is 53.0. The number of thiocarbonyl (C=S) groups is 1. The minimum Gasteiger partial charge on any atom is -0.494 e. The first-order valence-electron chi connectivity index (χ1n) is 21.2. The Kier molecular flexibility index (Phi) is 15.6. The van der Waals surface area contributed by atoms with Gasteiger partial charge in [0.2, 0.25) is 17.7 Å². The van der Waals surface area contributed by atoms with Gasteiger partial charge >= 0.3 is 12.4 Å². The summed E-state index contributed by atoms with van der Waals surface area (Å²) in [4.78, 5) is 63.7. The summed E-state index contributed by atoms with van der Waals surface area (Å²) < 4.78 is 127. The summed E-state index contributed by atoms with van der Waals surface area (Å²) in [6.45, 7) is 7.00. The number of benzene rings is 2. The molecule has 6 rings (SSSR count). The van der Waals surface area contributed by atoms with Crippen LogP contribution in [0.5, 0.6) is 5.75 Å². The van der Waals surface area contributed by atoms with Crippen LogP contribution in [0.4, 0.5) is 51.5 Å². The highest BCUT2D eigenvalue weighted by molar-refractivity contribution is 7.81. The van der Waals surface area contributed by atoms with Gasteiger partial charge < -0.3 is 35.0 Å². The zero-order valence-electron chi connectivity index (χ0n) is 37.8. The number of unbranched alkanes of at least 4 members (excludes halogenated alkanes) is 1. The van der Waals surface area contributed by atoms with Gasteiger partial charge in [-0.1, -0.05) is 20.8 Å². The largest absolute Gasteiger partial charge is 0.494 e. The number of aliphatic hydroxyl groups is 1. The highest BCUT2D eigenvalue weighted by Gasteiger charge is 2.52. The van der Waals surface area contributed by atoms with E-state index in [0.717, 1.165) is 29.3 Å². The summed E-state index contributed by atoms with van der Waals surface area (Å²) in [5.41, 5.74) is -8.13. The van der Waals surface area contributed by atoms with Gasteiger partial charge in [0, 0.05) is 31.2 Å². The van der Waals surface area contributed by atoms with Gasteiger partial charge in [-0.05, 0) is 74.7 Å². The molecule has 4 heterocycles. The SMILES string of the molecule is CC(C)(C)[C@H](NC(=O)COCCCCOc1ccc(-c2ncc(N3C(=S)N(c4ccc(C#N)c(C(F)(F)F)c4F)C(=O)C3(C)C)cc2F)c(C(F)(F)F)c1)C(=O)N1C[C@H](O)C[C@H]1C(=O)Nc1cncs1. The Balaban J connectivity index is 1.05. The average Bonchev–Trinajstić information content (AvgIpc) is 3.97. The number of rotatable bonds is 15. The molecule has 15 nitrogen and oxygen atoms in total. The van der Waals surface area contributed by atoms with Crippen LogP contribution in [0, 0.1) is 28.4 Å². The smallest absolute Gasteiger partial charge is 0.420 e. The highest BCUT2D eigenvalue weighted by Crippen LogP contribution is 2.44. The average molecular weight is 1030 g/mol. The second-order valence-electron chi connectivity index (χ2n) is 17.7. The molecular formula is C45H44F8N8O7S2. The highest BCUT2D eigenvalue weighted by atomic mass is 32.1. The van der Waals surface area contributed by atoms with Crippen LogP contribution in [-0.2, 0) is 36.3 Å². The summed E-state index contributed by atoms with van der Waals surface area (Å²) in [5, 5.41) is 24.7. The van der Waals surface area contributed by atoms with E-state index in [0.29, 0.717) is 34.5 Å². The number of carbonyl (C=O) groups excluding carboxylic acids is 4. The lowest BCUT2D eigenvalue weighted by molar-refractivity contribution is -0.143. The third-order valence-electron chi connectivity index (χ3n) is 11.2. The quantitative estimate of drug-likeness (QED) is 0.0601. The van der Waals surface area contributed by atoms with Crippen LogP contribution in [0.15, 0.2) is 54.3 Å². The number of amides is 4. The van der Waals surface area contributed by atoms with E-state index < -0.39 is 122 Å². The monoisotopic (exact) mass is 1020 g/mol. The fraction of sp³-hybridized carbons (Fsp3) is 0.422. The summed E-state index contributed by atoms with van der Waals surface area (Å²) in [6.07, 6.45) is -8.47. The van der Waals surface area contributed by atoms with E-state index in [1.54, 1.807) is 20.8 Å². The van der Waals surface area contributed by atoms with E-state index >= 15 is 8.78 Å². The summed E-state index contributed by atoms with van der Waals surface area (Å²) >= 11 is 6.55. The van der Waals surface area contributed by atoms with Crippen molar-refractivity contribution < 1.29 is 68.9 Å². The van der Waals surface area contributed by atoms with Gasteiger partial charge in [0.25, 0.3) is 5.91 Å². The molecule has 0 saturated carbocycles. The lowest BCUT2D eigenvalue weighted by Crippen LogP contribution is -2.57. The number of thiazole rings is 1. The Morgan fingerprint density at radius 2 is 1.73 bits per heavy atom. The normalized spacial score (nSPS) is 17.7. The minimum atomic E-state index is -5.34. The molecule has 2 aromatic heterocycles. The van der Waals surface area contributed by atoms with Crippen molar-refractivity contribution in [1.82, 2.24) is 20.2 Å². The third kappa shape index (κ3) is 11.3. The van der Waals surface area contributed by atoms with E-state index in [-0.39, 0.29) is 44.0 Å². The molecule has 0 aliphatic carbocycles. The maximum atomic E-state index is 15.9. The number of β-amino-alcohol motifs (C(OH)–C–C–N with tert-alkyl or cyclic N) is 1. The molecule has 2 aliphatic heterocycles. The number of aromatic nitrogens is 2. The van der Waals surface area contributed by atoms with Crippen molar-refractivity contribution in [2.75, 3.05) is 41.5 Å². The van der Waals surface area contributed by atoms with Gasteiger partial charge in [-0.2, -0.15) is 31.6 Å². The number of ether oxygens (including phenoxy) is 2. The van der Waals surface area contributed by atoms with Gasteiger partial charge in [0.1, 0.15) is 46.2 Å². The van der Waals surface area contributed by atoms with Gasteiger partial charge in [-0.15, -0.1) is 11.3 Å². The maximum Gasteiger partial charge on any atom is 0.420 e. The first-order chi connectivity index (χ1) is 32.7. The van der Waals surface area contributed by atoms with Gasteiger partial charge in [-0.3, -0.25) is 34.0 Å². The number of nitriles is 1. The number of anilines is 3. The van der Waals surface area contributed by atoms with Crippen LogP contribution in [0.3, 0.4) is 0 Å². The van der Waals surface area contributed by atoms with Crippen molar-refractivity contribution in [1.29, 1.82) is 5.26 Å². The first-order valence-corrected chi connectivity index (χ1v) is 22.5. The molecule has 0 radical (unpaired) electrons. The molecule has 25 heteroatoms. The van der Waals surface area contributed by atoms with Crippen LogP contribution < -0.4 is 25.2 Å². The Hall–Kier alpha value is -6.36. The number of nitrogens with zero attached hydrogens (tertiary/aromatic N) is 6. The van der Waals surface area contributed by atoms with Gasteiger partial charge in [0.05, 0.1) is 59.2 Å². The van der Waals surface area contributed by atoms with Gasteiger partial charge in [0.15, 0.2) is 16.7 Å².